The molecule has 0 aliphatic rings. The smallest absolute Gasteiger partial charge is 0.248 e. The van der Waals surface area contributed by atoms with Gasteiger partial charge in [0.1, 0.15) is 6.33 Å². The van der Waals surface area contributed by atoms with Crippen molar-refractivity contribution in [3.05, 3.63) is 60.4 Å². The Balaban J connectivity index is 1.58. The zero-order valence-electron chi connectivity index (χ0n) is 18.0. The average molecular weight is 439 g/mol. The molecule has 3 aromatic rings. The van der Waals surface area contributed by atoms with E-state index in [1.807, 2.05) is 54.1 Å². The Labute approximate surface area is 186 Å². The van der Waals surface area contributed by atoms with E-state index in [1.165, 1.54) is 17.8 Å². The molecule has 0 atom stereocenters. The number of rotatable bonds is 9. The Hall–Kier alpha value is -3.26. The first-order valence-corrected chi connectivity index (χ1v) is 10.7. The average Bonchev–Trinajstić information content (AvgIpc) is 3.16. The minimum absolute atomic E-state index is 0.215. The molecule has 1 N–H and O–H groups in total. The van der Waals surface area contributed by atoms with Crippen molar-refractivity contribution in [1.29, 1.82) is 0 Å². The third-order valence-electron chi connectivity index (χ3n) is 4.19. The first kappa shape index (κ1) is 22.4. The summed E-state index contributed by atoms with van der Waals surface area (Å²) in [7, 11) is 3.50. The number of carbonyl (C=O) groups is 1. The summed E-state index contributed by atoms with van der Waals surface area (Å²) >= 11 is 1.51. The molecule has 0 unspecified atom stereocenters. The van der Waals surface area contributed by atoms with Gasteiger partial charge in [-0.2, -0.15) is 0 Å². The number of aryl methyl sites for hydroxylation is 1. The van der Waals surface area contributed by atoms with Crippen LogP contribution in [0.2, 0.25) is 0 Å². The predicted molar refractivity (Wildman–Crippen MR) is 123 cm³/mol. The van der Waals surface area contributed by atoms with Crippen LogP contribution in [0.1, 0.15) is 19.4 Å². The van der Waals surface area contributed by atoms with Crippen LogP contribution in [0.5, 0.6) is 11.5 Å². The molecule has 0 radical (unpaired) electrons. The maximum Gasteiger partial charge on any atom is 0.248 e. The Morgan fingerprint density at radius 2 is 1.97 bits per heavy atom. The van der Waals surface area contributed by atoms with Gasteiger partial charge in [-0.1, -0.05) is 19.9 Å². The second kappa shape index (κ2) is 10.7. The number of benzene rings is 2. The van der Waals surface area contributed by atoms with Crippen LogP contribution < -0.4 is 14.8 Å². The van der Waals surface area contributed by atoms with Gasteiger partial charge < -0.3 is 19.4 Å². The van der Waals surface area contributed by atoms with E-state index >= 15 is 0 Å². The first-order chi connectivity index (χ1) is 14.9. The van der Waals surface area contributed by atoms with Gasteiger partial charge in [0.25, 0.3) is 0 Å². The normalized spacial score (nSPS) is 11.1. The molecule has 162 valence electrons. The highest BCUT2D eigenvalue weighted by Crippen LogP contribution is 2.29. The van der Waals surface area contributed by atoms with E-state index in [0.717, 1.165) is 15.6 Å². The van der Waals surface area contributed by atoms with Crippen LogP contribution in [0.15, 0.2) is 64.9 Å². The van der Waals surface area contributed by atoms with E-state index in [9.17, 15) is 4.79 Å². The van der Waals surface area contributed by atoms with E-state index in [0.29, 0.717) is 29.7 Å². The van der Waals surface area contributed by atoms with Gasteiger partial charge in [-0.3, -0.25) is 4.79 Å². The fourth-order valence-corrected chi connectivity index (χ4v) is 3.36. The number of amides is 1. The number of methoxy groups -OCH3 is 1. The number of carbonyl (C=O) groups excluding carboxylic acids is 1. The molecule has 0 fully saturated rings. The fourth-order valence-electron chi connectivity index (χ4n) is 2.60. The highest BCUT2D eigenvalue weighted by atomic mass is 32.2. The van der Waals surface area contributed by atoms with E-state index in [-0.39, 0.29) is 5.91 Å². The monoisotopic (exact) mass is 438 g/mol. The van der Waals surface area contributed by atoms with Gasteiger partial charge in [0.2, 0.25) is 5.91 Å². The van der Waals surface area contributed by atoms with Crippen molar-refractivity contribution in [1.82, 2.24) is 14.8 Å². The maximum atomic E-state index is 12.3. The lowest BCUT2D eigenvalue weighted by molar-refractivity contribution is -0.111. The van der Waals surface area contributed by atoms with E-state index in [4.69, 9.17) is 9.47 Å². The van der Waals surface area contributed by atoms with Gasteiger partial charge in [-0.25, -0.2) is 0 Å². The number of nitrogens with one attached hydrogen (secondary N) is 1. The number of nitrogens with zero attached hydrogens (tertiary/aromatic N) is 3. The van der Waals surface area contributed by atoms with Crippen LogP contribution >= 0.6 is 11.8 Å². The van der Waals surface area contributed by atoms with Gasteiger partial charge in [-0.15, -0.1) is 10.2 Å². The van der Waals surface area contributed by atoms with Crippen LogP contribution in [0.3, 0.4) is 0 Å². The highest BCUT2D eigenvalue weighted by molar-refractivity contribution is 7.99. The zero-order chi connectivity index (χ0) is 22.2. The SMILES string of the molecule is COc1cc(C=CC(=O)Nc2ccc(Sc3nncn3C)cc2)ccc1OCC(C)C. The Kier molecular flexibility index (Phi) is 7.72. The summed E-state index contributed by atoms with van der Waals surface area (Å²) in [6, 6.07) is 13.2. The lowest BCUT2D eigenvalue weighted by Gasteiger charge is -2.12. The maximum absolute atomic E-state index is 12.3. The number of ether oxygens (including phenoxy) is 2. The Bertz CT molecular complexity index is 1050. The highest BCUT2D eigenvalue weighted by Gasteiger charge is 2.07. The van der Waals surface area contributed by atoms with Gasteiger partial charge >= 0.3 is 0 Å². The minimum Gasteiger partial charge on any atom is -0.493 e. The number of anilines is 1. The van der Waals surface area contributed by atoms with Crippen molar-refractivity contribution < 1.29 is 14.3 Å². The van der Waals surface area contributed by atoms with E-state index < -0.39 is 0 Å². The largest absolute Gasteiger partial charge is 0.493 e. The molecule has 0 aliphatic heterocycles. The molecule has 0 saturated heterocycles. The van der Waals surface area contributed by atoms with Crippen molar-refractivity contribution in [3.63, 3.8) is 0 Å². The van der Waals surface area contributed by atoms with Crippen LogP contribution in [-0.2, 0) is 11.8 Å². The van der Waals surface area contributed by atoms with Crippen molar-refractivity contribution in [2.24, 2.45) is 13.0 Å². The second-order valence-corrected chi connectivity index (χ2v) is 8.33. The molecule has 8 heteroatoms. The summed E-state index contributed by atoms with van der Waals surface area (Å²) in [6.07, 6.45) is 4.89. The Morgan fingerprint density at radius 3 is 2.61 bits per heavy atom. The molecule has 2 aromatic carbocycles. The topological polar surface area (TPSA) is 78.3 Å². The third-order valence-corrected chi connectivity index (χ3v) is 5.25. The molecule has 1 amide bonds. The lowest BCUT2D eigenvalue weighted by atomic mass is 10.2. The fraction of sp³-hybridized carbons (Fsp3) is 0.261. The third kappa shape index (κ3) is 6.62. The van der Waals surface area contributed by atoms with Gasteiger partial charge in [-0.05, 0) is 65.7 Å². The zero-order valence-corrected chi connectivity index (χ0v) is 18.8. The summed E-state index contributed by atoms with van der Waals surface area (Å²) in [6.45, 7) is 4.79. The van der Waals surface area contributed by atoms with E-state index in [2.05, 4.69) is 29.4 Å². The van der Waals surface area contributed by atoms with E-state index in [1.54, 1.807) is 19.5 Å². The van der Waals surface area contributed by atoms with Crippen LogP contribution in [-0.4, -0.2) is 34.4 Å². The summed E-state index contributed by atoms with van der Waals surface area (Å²) in [5, 5.41) is 11.6. The number of hydrogen-bond acceptors (Lipinski definition) is 6. The van der Waals surface area contributed by atoms with Crippen molar-refractivity contribution in [2.45, 2.75) is 23.9 Å². The Morgan fingerprint density at radius 1 is 1.19 bits per heavy atom. The van der Waals surface area contributed by atoms with Crippen LogP contribution in [0.4, 0.5) is 5.69 Å². The molecule has 1 heterocycles. The molecule has 1 aromatic heterocycles. The molecule has 0 spiro atoms. The van der Waals surface area contributed by atoms with Crippen molar-refractivity contribution >= 4 is 29.4 Å². The quantitative estimate of drug-likeness (QED) is 0.490. The number of aromatic nitrogens is 3. The van der Waals surface area contributed by atoms with Crippen molar-refractivity contribution in [3.8, 4) is 11.5 Å². The molecule has 7 nitrogen and oxygen atoms in total. The molecular formula is C23H26N4O3S. The molecular weight excluding hydrogens is 412 g/mol. The second-order valence-electron chi connectivity index (χ2n) is 7.29. The first-order valence-electron chi connectivity index (χ1n) is 9.86. The molecule has 3 rings (SSSR count). The lowest BCUT2D eigenvalue weighted by Crippen LogP contribution is -2.07. The molecule has 0 bridgehead atoms. The van der Waals surface area contributed by atoms with Gasteiger partial charge in [0.15, 0.2) is 16.7 Å². The van der Waals surface area contributed by atoms with Crippen molar-refractivity contribution in [2.75, 3.05) is 19.0 Å². The number of hydrogen-bond donors (Lipinski definition) is 1. The summed E-state index contributed by atoms with van der Waals surface area (Å²) < 4.78 is 13.0. The van der Waals surface area contributed by atoms with Gasteiger partial charge in [0, 0.05) is 23.7 Å². The summed E-state index contributed by atoms with van der Waals surface area (Å²) in [4.78, 5) is 13.3. The molecule has 0 saturated carbocycles. The predicted octanol–water partition coefficient (Wildman–Crippen LogP) is 4.66. The standard InChI is InChI=1S/C23H26N4O3S/c1-16(2)14-30-20-11-5-17(13-21(20)29-4)6-12-22(28)25-18-7-9-19(10-8-18)31-23-26-24-15-27(23)3/h5-13,15-16H,14H2,1-4H3,(H,25,28). The summed E-state index contributed by atoms with van der Waals surface area (Å²) in [5.41, 5.74) is 1.56. The van der Waals surface area contributed by atoms with Crippen LogP contribution in [0, 0.1) is 5.92 Å². The summed E-state index contributed by atoms with van der Waals surface area (Å²) in [5.74, 6) is 1.54. The van der Waals surface area contributed by atoms with Gasteiger partial charge in [0.05, 0.1) is 13.7 Å². The van der Waals surface area contributed by atoms with Crippen LogP contribution in [0.25, 0.3) is 6.08 Å². The molecule has 31 heavy (non-hydrogen) atoms. The minimum atomic E-state index is -0.215. The molecule has 0 aliphatic carbocycles.